The van der Waals surface area contributed by atoms with Crippen molar-refractivity contribution in [1.29, 1.82) is 0 Å². The summed E-state index contributed by atoms with van der Waals surface area (Å²) in [5.41, 5.74) is 1.14. The van der Waals surface area contributed by atoms with E-state index >= 15 is 0 Å². The minimum atomic E-state index is -0.653. The van der Waals surface area contributed by atoms with Crippen LogP contribution in [0.3, 0.4) is 0 Å². The molecule has 1 aliphatic carbocycles. The van der Waals surface area contributed by atoms with Gasteiger partial charge < -0.3 is 10.4 Å². The lowest BCUT2D eigenvalue weighted by Gasteiger charge is -2.20. The average molecular weight is 282 g/mol. The Morgan fingerprint density at radius 2 is 2.32 bits per heavy atom. The summed E-state index contributed by atoms with van der Waals surface area (Å²) in [7, 11) is 0. The van der Waals surface area contributed by atoms with E-state index in [0.29, 0.717) is 0 Å². The van der Waals surface area contributed by atoms with Gasteiger partial charge >= 0.3 is 5.97 Å². The van der Waals surface area contributed by atoms with Gasteiger partial charge in [0.1, 0.15) is 0 Å². The highest BCUT2D eigenvalue weighted by Gasteiger charge is 2.32. The highest BCUT2D eigenvalue weighted by Crippen LogP contribution is 2.31. The molecule has 0 aliphatic heterocycles. The maximum atomic E-state index is 11.1. The van der Waals surface area contributed by atoms with Crippen LogP contribution in [0.15, 0.2) is 24.3 Å². The number of hydrogen-bond donors (Lipinski definition) is 2. The van der Waals surface area contributed by atoms with Crippen molar-refractivity contribution in [3.05, 3.63) is 34.9 Å². The van der Waals surface area contributed by atoms with E-state index in [1.807, 2.05) is 24.3 Å². The van der Waals surface area contributed by atoms with E-state index in [-0.39, 0.29) is 17.9 Å². The van der Waals surface area contributed by atoms with Gasteiger partial charge in [-0.15, -0.1) is 0 Å². The van der Waals surface area contributed by atoms with E-state index < -0.39 is 5.97 Å². The smallest absolute Gasteiger partial charge is 0.306 e. The second kappa shape index (κ2) is 6.40. The molecule has 0 spiro atoms. The van der Waals surface area contributed by atoms with Crippen LogP contribution in [0.5, 0.6) is 0 Å². The lowest BCUT2D eigenvalue weighted by atomic mass is 9.95. The highest BCUT2D eigenvalue weighted by molar-refractivity contribution is 6.30. The Balaban J connectivity index is 1.90. The molecule has 3 unspecified atom stereocenters. The average Bonchev–Trinajstić information content (AvgIpc) is 2.84. The fourth-order valence-electron chi connectivity index (χ4n) is 2.83. The van der Waals surface area contributed by atoms with Gasteiger partial charge in [0.2, 0.25) is 0 Å². The van der Waals surface area contributed by atoms with Crippen molar-refractivity contribution in [2.75, 3.05) is 6.54 Å². The highest BCUT2D eigenvalue weighted by atomic mass is 35.5. The monoisotopic (exact) mass is 281 g/mol. The van der Waals surface area contributed by atoms with Gasteiger partial charge in [0, 0.05) is 11.1 Å². The van der Waals surface area contributed by atoms with Gasteiger partial charge in [-0.1, -0.05) is 30.2 Å². The molecule has 1 aromatic rings. The number of rotatable bonds is 5. The summed E-state index contributed by atoms with van der Waals surface area (Å²) in [4.78, 5) is 11.1. The predicted octanol–water partition coefficient (Wildman–Crippen LogP) is 3.49. The fraction of sp³-hybridized carbons (Fsp3) is 0.533. The molecule has 0 bridgehead atoms. The van der Waals surface area contributed by atoms with Crippen LogP contribution in [-0.2, 0) is 4.79 Å². The molecule has 104 valence electrons. The third kappa shape index (κ3) is 3.71. The van der Waals surface area contributed by atoms with E-state index in [2.05, 4.69) is 12.2 Å². The second-order valence-corrected chi connectivity index (χ2v) is 5.76. The van der Waals surface area contributed by atoms with E-state index in [9.17, 15) is 4.79 Å². The summed E-state index contributed by atoms with van der Waals surface area (Å²) in [6, 6.07) is 7.96. The third-order valence-corrected chi connectivity index (χ3v) is 4.25. The van der Waals surface area contributed by atoms with Crippen LogP contribution in [0.4, 0.5) is 0 Å². The van der Waals surface area contributed by atoms with Crippen LogP contribution < -0.4 is 5.32 Å². The Hall–Kier alpha value is -1.06. The number of carbonyl (C=O) groups is 1. The van der Waals surface area contributed by atoms with E-state index in [4.69, 9.17) is 16.7 Å². The van der Waals surface area contributed by atoms with Gasteiger partial charge in [-0.3, -0.25) is 4.79 Å². The maximum Gasteiger partial charge on any atom is 0.306 e. The standard InChI is InChI=1S/C15H20ClNO2/c1-10(11-4-2-6-13(16)8-11)17-9-12-5-3-7-14(12)15(18)19/h2,4,6,8,10,12,14,17H,3,5,7,9H2,1H3,(H,18,19). The zero-order chi connectivity index (χ0) is 13.8. The van der Waals surface area contributed by atoms with E-state index in [1.54, 1.807) is 0 Å². The first-order valence-electron chi connectivity index (χ1n) is 6.79. The number of carboxylic acid groups (broad SMARTS) is 1. The first-order chi connectivity index (χ1) is 9.08. The predicted molar refractivity (Wildman–Crippen MR) is 76.3 cm³/mol. The summed E-state index contributed by atoms with van der Waals surface area (Å²) in [5.74, 6) is -0.585. The third-order valence-electron chi connectivity index (χ3n) is 4.01. The van der Waals surface area contributed by atoms with Gasteiger partial charge in [-0.05, 0) is 49.9 Å². The number of aliphatic carboxylic acids is 1. The first-order valence-corrected chi connectivity index (χ1v) is 7.17. The van der Waals surface area contributed by atoms with Crippen molar-refractivity contribution >= 4 is 17.6 Å². The van der Waals surface area contributed by atoms with Crippen molar-refractivity contribution in [2.24, 2.45) is 11.8 Å². The summed E-state index contributed by atoms with van der Waals surface area (Å²) in [5, 5.41) is 13.3. The molecule has 0 radical (unpaired) electrons. The Bertz CT molecular complexity index is 450. The number of nitrogens with one attached hydrogen (secondary N) is 1. The van der Waals surface area contributed by atoms with Crippen LogP contribution in [0.25, 0.3) is 0 Å². The van der Waals surface area contributed by atoms with Gasteiger partial charge in [0.05, 0.1) is 5.92 Å². The Labute approximate surface area is 119 Å². The summed E-state index contributed by atoms with van der Waals surface area (Å²) in [6.07, 6.45) is 2.84. The molecule has 3 nitrogen and oxygen atoms in total. The molecule has 0 saturated heterocycles. The lowest BCUT2D eigenvalue weighted by molar-refractivity contribution is -0.142. The normalized spacial score (nSPS) is 24.3. The number of carboxylic acids is 1. The van der Waals surface area contributed by atoms with Crippen molar-refractivity contribution in [3.8, 4) is 0 Å². The van der Waals surface area contributed by atoms with Gasteiger partial charge in [-0.2, -0.15) is 0 Å². The molecule has 19 heavy (non-hydrogen) atoms. The SMILES string of the molecule is CC(NCC1CCCC1C(=O)O)c1cccc(Cl)c1. The molecular weight excluding hydrogens is 262 g/mol. The molecule has 1 saturated carbocycles. The van der Waals surface area contributed by atoms with E-state index in [1.165, 1.54) is 0 Å². The molecule has 4 heteroatoms. The van der Waals surface area contributed by atoms with E-state index in [0.717, 1.165) is 36.4 Å². The zero-order valence-electron chi connectivity index (χ0n) is 11.1. The first kappa shape index (κ1) is 14.4. The molecule has 1 aromatic carbocycles. The Morgan fingerprint density at radius 1 is 1.53 bits per heavy atom. The second-order valence-electron chi connectivity index (χ2n) is 5.32. The zero-order valence-corrected chi connectivity index (χ0v) is 11.9. The largest absolute Gasteiger partial charge is 0.481 e. The number of hydrogen-bond acceptors (Lipinski definition) is 2. The summed E-state index contributed by atoms with van der Waals surface area (Å²) >= 11 is 5.98. The summed E-state index contributed by atoms with van der Waals surface area (Å²) < 4.78 is 0. The Kier molecular flexibility index (Phi) is 4.83. The Morgan fingerprint density at radius 3 is 3.00 bits per heavy atom. The topological polar surface area (TPSA) is 49.3 Å². The van der Waals surface area contributed by atoms with Crippen molar-refractivity contribution < 1.29 is 9.90 Å². The van der Waals surface area contributed by atoms with Gasteiger partial charge in [-0.25, -0.2) is 0 Å². The molecule has 3 atom stereocenters. The van der Waals surface area contributed by atoms with Crippen LogP contribution in [-0.4, -0.2) is 17.6 Å². The molecule has 2 N–H and O–H groups in total. The summed E-state index contributed by atoms with van der Waals surface area (Å²) in [6.45, 7) is 2.83. The number of benzene rings is 1. The number of halogens is 1. The minimum Gasteiger partial charge on any atom is -0.481 e. The quantitative estimate of drug-likeness (QED) is 0.868. The minimum absolute atomic E-state index is 0.181. The van der Waals surface area contributed by atoms with Crippen molar-refractivity contribution in [1.82, 2.24) is 5.32 Å². The molecule has 2 rings (SSSR count). The van der Waals surface area contributed by atoms with Gasteiger partial charge in [0.25, 0.3) is 0 Å². The molecule has 0 aromatic heterocycles. The molecule has 0 amide bonds. The van der Waals surface area contributed by atoms with Crippen LogP contribution in [0.1, 0.15) is 37.8 Å². The van der Waals surface area contributed by atoms with Crippen LogP contribution in [0, 0.1) is 11.8 Å². The van der Waals surface area contributed by atoms with Gasteiger partial charge in [0.15, 0.2) is 0 Å². The fourth-order valence-corrected chi connectivity index (χ4v) is 3.03. The molecule has 1 fully saturated rings. The molecule has 1 aliphatic rings. The van der Waals surface area contributed by atoms with Crippen LogP contribution >= 0.6 is 11.6 Å². The maximum absolute atomic E-state index is 11.1. The molecular formula is C15H20ClNO2. The van der Waals surface area contributed by atoms with Crippen molar-refractivity contribution in [2.45, 2.75) is 32.2 Å². The van der Waals surface area contributed by atoms with Crippen LogP contribution in [0.2, 0.25) is 5.02 Å². The van der Waals surface area contributed by atoms with Crippen molar-refractivity contribution in [3.63, 3.8) is 0 Å². The molecule has 0 heterocycles. The lowest BCUT2D eigenvalue weighted by Crippen LogP contribution is -2.30.